The van der Waals surface area contributed by atoms with Gasteiger partial charge in [0.25, 0.3) is 0 Å². The standard InChI is InChI=1S/C24H17F/c25-22-14-11-20(12-15-22)24-17-21(18-7-3-1-4-8-18)13-16-23(24)19-9-5-2-6-10-19/h1-17H. The summed E-state index contributed by atoms with van der Waals surface area (Å²) in [6.07, 6.45) is 0. The molecular weight excluding hydrogens is 307 g/mol. The van der Waals surface area contributed by atoms with E-state index in [0.29, 0.717) is 0 Å². The summed E-state index contributed by atoms with van der Waals surface area (Å²) in [4.78, 5) is 0. The van der Waals surface area contributed by atoms with Gasteiger partial charge in [-0.1, -0.05) is 84.9 Å². The summed E-state index contributed by atoms with van der Waals surface area (Å²) in [6.45, 7) is 0. The van der Waals surface area contributed by atoms with Gasteiger partial charge in [-0.3, -0.25) is 0 Å². The van der Waals surface area contributed by atoms with E-state index in [1.54, 1.807) is 0 Å². The second kappa shape index (κ2) is 6.74. The molecule has 0 aliphatic rings. The second-order valence-electron chi connectivity index (χ2n) is 6.00. The molecule has 0 aliphatic heterocycles. The van der Waals surface area contributed by atoms with Gasteiger partial charge in [0, 0.05) is 0 Å². The molecule has 0 fully saturated rings. The Morgan fingerprint density at radius 1 is 0.400 bits per heavy atom. The van der Waals surface area contributed by atoms with Crippen molar-refractivity contribution in [2.24, 2.45) is 0 Å². The molecule has 0 heterocycles. The van der Waals surface area contributed by atoms with Gasteiger partial charge >= 0.3 is 0 Å². The van der Waals surface area contributed by atoms with Crippen molar-refractivity contribution in [1.82, 2.24) is 0 Å². The smallest absolute Gasteiger partial charge is 0.123 e. The highest BCUT2D eigenvalue weighted by molar-refractivity contribution is 5.87. The van der Waals surface area contributed by atoms with Crippen LogP contribution >= 0.6 is 0 Å². The Morgan fingerprint density at radius 2 is 0.920 bits per heavy atom. The third-order valence-corrected chi connectivity index (χ3v) is 4.37. The highest BCUT2D eigenvalue weighted by atomic mass is 19.1. The van der Waals surface area contributed by atoms with E-state index in [9.17, 15) is 4.39 Å². The summed E-state index contributed by atoms with van der Waals surface area (Å²) in [5.41, 5.74) is 6.74. The molecule has 0 amide bonds. The Kier molecular flexibility index (Phi) is 4.14. The van der Waals surface area contributed by atoms with Gasteiger partial charge in [0.1, 0.15) is 5.82 Å². The molecule has 1 heteroatoms. The van der Waals surface area contributed by atoms with Crippen LogP contribution in [0.25, 0.3) is 33.4 Å². The van der Waals surface area contributed by atoms with Crippen LogP contribution in [0.15, 0.2) is 103 Å². The van der Waals surface area contributed by atoms with Gasteiger partial charge in [-0.15, -0.1) is 0 Å². The summed E-state index contributed by atoms with van der Waals surface area (Å²) < 4.78 is 13.4. The van der Waals surface area contributed by atoms with Crippen LogP contribution in [0.2, 0.25) is 0 Å². The molecule has 4 aromatic carbocycles. The van der Waals surface area contributed by atoms with E-state index in [2.05, 4.69) is 42.5 Å². The van der Waals surface area contributed by atoms with Gasteiger partial charge in [-0.05, 0) is 51.6 Å². The lowest BCUT2D eigenvalue weighted by Crippen LogP contribution is -1.88. The van der Waals surface area contributed by atoms with Gasteiger partial charge in [0.2, 0.25) is 0 Å². The average Bonchev–Trinajstić information content (AvgIpc) is 2.69. The molecule has 0 atom stereocenters. The molecule has 0 bridgehead atoms. The molecule has 0 saturated heterocycles. The van der Waals surface area contributed by atoms with E-state index in [4.69, 9.17) is 0 Å². The molecule has 0 aromatic heterocycles. The first-order valence-corrected chi connectivity index (χ1v) is 8.32. The monoisotopic (exact) mass is 324 g/mol. The summed E-state index contributed by atoms with van der Waals surface area (Å²) in [5.74, 6) is -0.218. The summed E-state index contributed by atoms with van der Waals surface area (Å²) >= 11 is 0. The van der Waals surface area contributed by atoms with Crippen molar-refractivity contribution in [3.63, 3.8) is 0 Å². The summed E-state index contributed by atoms with van der Waals surface area (Å²) in [7, 11) is 0. The summed E-state index contributed by atoms with van der Waals surface area (Å²) in [6, 6.07) is 33.8. The van der Waals surface area contributed by atoms with Crippen molar-refractivity contribution in [2.45, 2.75) is 0 Å². The van der Waals surface area contributed by atoms with E-state index >= 15 is 0 Å². The van der Waals surface area contributed by atoms with Crippen LogP contribution in [0, 0.1) is 5.82 Å². The molecular formula is C24H17F. The maximum atomic E-state index is 13.4. The Morgan fingerprint density at radius 3 is 1.56 bits per heavy atom. The average molecular weight is 324 g/mol. The van der Waals surface area contributed by atoms with Gasteiger partial charge in [-0.25, -0.2) is 4.39 Å². The molecule has 0 aliphatic carbocycles. The van der Waals surface area contributed by atoms with Crippen molar-refractivity contribution in [3.05, 3.63) is 109 Å². The first kappa shape index (κ1) is 15.3. The van der Waals surface area contributed by atoms with Crippen molar-refractivity contribution in [2.75, 3.05) is 0 Å². The van der Waals surface area contributed by atoms with Gasteiger partial charge in [0.05, 0.1) is 0 Å². The zero-order chi connectivity index (χ0) is 17.1. The van der Waals surface area contributed by atoms with E-state index in [1.165, 1.54) is 17.7 Å². The van der Waals surface area contributed by atoms with E-state index in [0.717, 1.165) is 27.8 Å². The predicted octanol–water partition coefficient (Wildman–Crippen LogP) is 6.83. The molecule has 0 spiro atoms. The van der Waals surface area contributed by atoms with Crippen LogP contribution in [-0.2, 0) is 0 Å². The van der Waals surface area contributed by atoms with E-state index in [1.807, 2.05) is 48.5 Å². The minimum atomic E-state index is -0.218. The molecule has 0 saturated carbocycles. The number of hydrogen-bond donors (Lipinski definition) is 0. The van der Waals surface area contributed by atoms with Gasteiger partial charge in [0.15, 0.2) is 0 Å². The normalized spacial score (nSPS) is 10.6. The summed E-state index contributed by atoms with van der Waals surface area (Å²) in [5, 5.41) is 0. The van der Waals surface area contributed by atoms with Crippen LogP contribution in [0.1, 0.15) is 0 Å². The first-order chi connectivity index (χ1) is 12.3. The SMILES string of the molecule is Fc1ccc(-c2cc(-c3ccccc3)ccc2-c2ccccc2)cc1. The Hall–Kier alpha value is -3.19. The fourth-order valence-electron chi connectivity index (χ4n) is 3.09. The quantitative estimate of drug-likeness (QED) is 0.387. The van der Waals surface area contributed by atoms with Crippen LogP contribution in [-0.4, -0.2) is 0 Å². The topological polar surface area (TPSA) is 0 Å². The lowest BCUT2D eigenvalue weighted by atomic mass is 9.91. The van der Waals surface area contributed by atoms with Gasteiger partial charge < -0.3 is 0 Å². The van der Waals surface area contributed by atoms with Crippen LogP contribution in [0.3, 0.4) is 0 Å². The Labute approximate surface area is 147 Å². The third-order valence-electron chi connectivity index (χ3n) is 4.37. The minimum absolute atomic E-state index is 0.218. The molecule has 0 nitrogen and oxygen atoms in total. The zero-order valence-electron chi connectivity index (χ0n) is 13.7. The minimum Gasteiger partial charge on any atom is -0.207 e. The fourth-order valence-corrected chi connectivity index (χ4v) is 3.09. The Bertz CT molecular complexity index is 971. The Balaban J connectivity index is 1.91. The third kappa shape index (κ3) is 3.22. The molecule has 4 aromatic rings. The van der Waals surface area contributed by atoms with Crippen molar-refractivity contribution in [1.29, 1.82) is 0 Å². The molecule has 0 N–H and O–H groups in total. The van der Waals surface area contributed by atoms with E-state index < -0.39 is 0 Å². The molecule has 0 radical (unpaired) electrons. The molecule has 0 unspecified atom stereocenters. The largest absolute Gasteiger partial charge is 0.207 e. The van der Waals surface area contributed by atoms with E-state index in [-0.39, 0.29) is 5.82 Å². The number of rotatable bonds is 3. The van der Waals surface area contributed by atoms with Crippen LogP contribution in [0.5, 0.6) is 0 Å². The number of hydrogen-bond acceptors (Lipinski definition) is 0. The lowest BCUT2D eigenvalue weighted by Gasteiger charge is -2.13. The fraction of sp³-hybridized carbons (Fsp3) is 0. The van der Waals surface area contributed by atoms with Crippen molar-refractivity contribution in [3.8, 4) is 33.4 Å². The predicted molar refractivity (Wildman–Crippen MR) is 103 cm³/mol. The highest BCUT2D eigenvalue weighted by Crippen LogP contribution is 2.35. The molecule has 120 valence electrons. The number of benzene rings is 4. The number of halogens is 1. The molecule has 4 rings (SSSR count). The van der Waals surface area contributed by atoms with Crippen LogP contribution in [0.4, 0.5) is 4.39 Å². The van der Waals surface area contributed by atoms with Gasteiger partial charge in [-0.2, -0.15) is 0 Å². The maximum Gasteiger partial charge on any atom is 0.123 e. The first-order valence-electron chi connectivity index (χ1n) is 8.32. The zero-order valence-corrected chi connectivity index (χ0v) is 13.7. The van der Waals surface area contributed by atoms with Crippen molar-refractivity contribution >= 4 is 0 Å². The highest BCUT2D eigenvalue weighted by Gasteiger charge is 2.10. The lowest BCUT2D eigenvalue weighted by molar-refractivity contribution is 0.628. The molecule has 25 heavy (non-hydrogen) atoms. The van der Waals surface area contributed by atoms with Crippen LogP contribution < -0.4 is 0 Å². The second-order valence-corrected chi connectivity index (χ2v) is 6.00. The maximum absolute atomic E-state index is 13.4. The van der Waals surface area contributed by atoms with Crippen molar-refractivity contribution < 1.29 is 4.39 Å².